The molecule has 1 saturated heterocycles. The number of likely N-dealkylation sites (tertiary alicyclic amines) is 1. The lowest BCUT2D eigenvalue weighted by Crippen LogP contribution is -2.43. The van der Waals surface area contributed by atoms with Gasteiger partial charge in [-0.3, -0.25) is 14.5 Å². The van der Waals surface area contributed by atoms with E-state index in [1.165, 1.54) is 4.90 Å². The lowest BCUT2D eigenvalue weighted by molar-refractivity contribution is -0.139. The van der Waals surface area contributed by atoms with Gasteiger partial charge in [0.15, 0.2) is 0 Å². The van der Waals surface area contributed by atoms with Gasteiger partial charge in [0.05, 0.1) is 12.5 Å². The molecule has 0 bridgehead atoms. The minimum absolute atomic E-state index is 0.00139. The maximum absolute atomic E-state index is 12.1. The smallest absolute Gasteiger partial charge is 0.247 e. The lowest BCUT2D eigenvalue weighted by Gasteiger charge is -2.21. The predicted molar refractivity (Wildman–Crippen MR) is 69.9 cm³/mol. The van der Waals surface area contributed by atoms with Gasteiger partial charge in [-0.1, -0.05) is 20.3 Å². The highest BCUT2D eigenvalue weighted by Gasteiger charge is 2.46. The van der Waals surface area contributed by atoms with Crippen molar-refractivity contribution >= 4 is 11.8 Å². The maximum Gasteiger partial charge on any atom is 0.247 e. The number of amides is 2. The Morgan fingerprint density at radius 2 is 2.00 bits per heavy atom. The topological polar surface area (TPSA) is 49.4 Å². The van der Waals surface area contributed by atoms with E-state index in [2.05, 4.69) is 26.1 Å². The van der Waals surface area contributed by atoms with Crippen molar-refractivity contribution in [2.45, 2.75) is 71.0 Å². The largest absolute Gasteiger partial charge is 0.303 e. The molecule has 2 aliphatic rings. The highest BCUT2D eigenvalue weighted by molar-refractivity contribution is 6.06. The van der Waals surface area contributed by atoms with Crippen LogP contribution < -0.4 is 5.32 Å². The average Bonchev–Trinajstić information content (AvgIpc) is 3.08. The third-order valence-electron chi connectivity index (χ3n) is 4.03. The zero-order chi connectivity index (χ0) is 13.3. The summed E-state index contributed by atoms with van der Waals surface area (Å²) in [6.07, 6.45) is 4.54. The second-order valence-corrected chi connectivity index (χ2v) is 5.91. The van der Waals surface area contributed by atoms with E-state index in [9.17, 15) is 9.59 Å². The third-order valence-corrected chi connectivity index (χ3v) is 4.03. The number of hydrogen-bond donors (Lipinski definition) is 1. The van der Waals surface area contributed by atoms with Gasteiger partial charge < -0.3 is 5.32 Å². The van der Waals surface area contributed by atoms with Gasteiger partial charge in [-0.25, -0.2) is 0 Å². The lowest BCUT2D eigenvalue weighted by atomic mass is 10.00. The number of rotatable bonds is 6. The van der Waals surface area contributed by atoms with Gasteiger partial charge in [-0.05, 0) is 32.1 Å². The molecule has 0 aromatic heterocycles. The monoisotopic (exact) mass is 252 g/mol. The van der Waals surface area contributed by atoms with Crippen molar-refractivity contribution in [2.24, 2.45) is 5.92 Å². The first-order valence-electron chi connectivity index (χ1n) is 7.14. The van der Waals surface area contributed by atoms with Crippen LogP contribution in [-0.4, -0.2) is 34.8 Å². The molecule has 0 aromatic carbocycles. The van der Waals surface area contributed by atoms with Crippen molar-refractivity contribution in [3.8, 4) is 0 Å². The average molecular weight is 252 g/mol. The number of nitrogens with one attached hydrogen (secondary N) is 1. The fourth-order valence-electron chi connectivity index (χ4n) is 2.68. The Morgan fingerprint density at radius 1 is 1.33 bits per heavy atom. The Hall–Kier alpha value is -0.900. The molecule has 4 heteroatoms. The van der Waals surface area contributed by atoms with Crippen LogP contribution in [-0.2, 0) is 9.59 Å². The molecule has 1 aliphatic heterocycles. The molecular formula is C14H24N2O2. The van der Waals surface area contributed by atoms with Gasteiger partial charge in [-0.2, -0.15) is 0 Å². The van der Waals surface area contributed by atoms with Crippen LogP contribution in [0.1, 0.15) is 52.9 Å². The van der Waals surface area contributed by atoms with Crippen LogP contribution in [0.15, 0.2) is 0 Å². The first-order chi connectivity index (χ1) is 8.52. The summed E-state index contributed by atoms with van der Waals surface area (Å²) >= 11 is 0. The SMILES string of the molecule is CCC(C)CC(C)NC1CC(=O)N(C2CC2)C1=O. The fourth-order valence-corrected chi connectivity index (χ4v) is 2.68. The zero-order valence-electron chi connectivity index (χ0n) is 11.6. The van der Waals surface area contributed by atoms with E-state index < -0.39 is 0 Å². The van der Waals surface area contributed by atoms with Gasteiger partial charge in [0.2, 0.25) is 11.8 Å². The number of nitrogens with zero attached hydrogens (tertiary/aromatic N) is 1. The van der Waals surface area contributed by atoms with Gasteiger partial charge in [0.25, 0.3) is 0 Å². The number of carbonyl (C=O) groups is 2. The summed E-state index contributed by atoms with van der Waals surface area (Å²) in [4.78, 5) is 25.4. The molecule has 1 saturated carbocycles. The number of hydrogen-bond acceptors (Lipinski definition) is 3. The van der Waals surface area contributed by atoms with E-state index in [0.717, 1.165) is 25.7 Å². The summed E-state index contributed by atoms with van der Waals surface area (Å²) in [6.45, 7) is 6.50. The second kappa shape index (κ2) is 5.39. The Morgan fingerprint density at radius 3 is 2.56 bits per heavy atom. The Bertz CT molecular complexity index is 339. The highest BCUT2D eigenvalue weighted by atomic mass is 16.2. The first kappa shape index (κ1) is 13.5. The molecule has 4 nitrogen and oxygen atoms in total. The van der Waals surface area contributed by atoms with Gasteiger partial charge in [0, 0.05) is 12.1 Å². The van der Waals surface area contributed by atoms with Crippen LogP contribution in [0.5, 0.6) is 0 Å². The van der Waals surface area contributed by atoms with Gasteiger partial charge in [-0.15, -0.1) is 0 Å². The van der Waals surface area contributed by atoms with Crippen LogP contribution in [0.25, 0.3) is 0 Å². The molecule has 1 heterocycles. The highest BCUT2D eigenvalue weighted by Crippen LogP contribution is 2.31. The fraction of sp³-hybridized carbons (Fsp3) is 0.857. The Kier molecular flexibility index (Phi) is 4.05. The number of imide groups is 1. The Labute approximate surface area is 109 Å². The van der Waals surface area contributed by atoms with Crippen molar-refractivity contribution in [2.75, 3.05) is 0 Å². The minimum Gasteiger partial charge on any atom is -0.303 e. The molecule has 3 unspecified atom stereocenters. The van der Waals surface area contributed by atoms with Crippen molar-refractivity contribution in [3.63, 3.8) is 0 Å². The van der Waals surface area contributed by atoms with E-state index >= 15 is 0 Å². The molecule has 0 radical (unpaired) electrons. The van der Waals surface area contributed by atoms with Crippen molar-refractivity contribution < 1.29 is 9.59 Å². The van der Waals surface area contributed by atoms with Crippen LogP contribution in [0.3, 0.4) is 0 Å². The van der Waals surface area contributed by atoms with E-state index in [1.54, 1.807) is 0 Å². The molecule has 102 valence electrons. The van der Waals surface area contributed by atoms with Crippen molar-refractivity contribution in [3.05, 3.63) is 0 Å². The van der Waals surface area contributed by atoms with Crippen molar-refractivity contribution in [1.29, 1.82) is 0 Å². The molecule has 0 spiro atoms. The quantitative estimate of drug-likeness (QED) is 0.732. The van der Waals surface area contributed by atoms with E-state index in [-0.39, 0.29) is 23.9 Å². The van der Waals surface area contributed by atoms with Gasteiger partial charge in [0.1, 0.15) is 0 Å². The Balaban J connectivity index is 1.86. The zero-order valence-corrected chi connectivity index (χ0v) is 11.6. The number of carbonyl (C=O) groups excluding carboxylic acids is 2. The van der Waals surface area contributed by atoms with Crippen LogP contribution >= 0.6 is 0 Å². The van der Waals surface area contributed by atoms with Crippen LogP contribution in [0.2, 0.25) is 0 Å². The molecule has 1 aliphatic carbocycles. The summed E-state index contributed by atoms with van der Waals surface area (Å²) in [5.41, 5.74) is 0. The van der Waals surface area contributed by atoms with Gasteiger partial charge >= 0.3 is 0 Å². The summed E-state index contributed by atoms with van der Waals surface area (Å²) in [5, 5.41) is 3.32. The predicted octanol–water partition coefficient (Wildman–Crippen LogP) is 1.69. The van der Waals surface area contributed by atoms with E-state index in [4.69, 9.17) is 0 Å². The third kappa shape index (κ3) is 2.91. The summed E-state index contributed by atoms with van der Waals surface area (Å²) in [5.74, 6) is 0.661. The minimum atomic E-state index is -0.280. The summed E-state index contributed by atoms with van der Waals surface area (Å²) in [6, 6.07) is 0.222. The normalized spacial score (nSPS) is 27.7. The van der Waals surface area contributed by atoms with Crippen molar-refractivity contribution in [1.82, 2.24) is 10.2 Å². The van der Waals surface area contributed by atoms with E-state index in [0.29, 0.717) is 18.4 Å². The second-order valence-electron chi connectivity index (χ2n) is 5.91. The molecule has 2 amide bonds. The summed E-state index contributed by atoms with van der Waals surface area (Å²) < 4.78 is 0. The van der Waals surface area contributed by atoms with Crippen LogP contribution in [0.4, 0.5) is 0 Å². The summed E-state index contributed by atoms with van der Waals surface area (Å²) in [7, 11) is 0. The first-order valence-corrected chi connectivity index (χ1v) is 7.14. The molecule has 2 rings (SSSR count). The molecule has 3 atom stereocenters. The molecule has 18 heavy (non-hydrogen) atoms. The molecular weight excluding hydrogens is 228 g/mol. The molecule has 2 fully saturated rings. The van der Waals surface area contributed by atoms with E-state index in [1.807, 2.05) is 0 Å². The maximum atomic E-state index is 12.1. The standard InChI is InChI=1S/C14H24N2O2/c1-4-9(2)7-10(3)15-12-8-13(17)16(14(12)18)11-5-6-11/h9-12,15H,4-8H2,1-3H3. The molecule has 1 N–H and O–H groups in total. The van der Waals surface area contributed by atoms with Crippen LogP contribution in [0, 0.1) is 5.92 Å². The molecule has 0 aromatic rings.